The van der Waals surface area contributed by atoms with E-state index in [1.807, 2.05) is 32.0 Å². The number of aromatic nitrogens is 2. The first kappa shape index (κ1) is 17.4. The molecule has 0 saturated heterocycles. The van der Waals surface area contributed by atoms with Gasteiger partial charge in [0.25, 0.3) is 0 Å². The zero-order valence-electron chi connectivity index (χ0n) is 15.8. The molecule has 0 saturated carbocycles. The SMILES string of the molecule is Cc1ccc(C(O)Cc2cnc3c(N)nc4cc(C)ccc4c3c2)c(C)c1. The Morgan fingerprint density at radius 2 is 1.70 bits per heavy atom. The number of hydrogen-bond donors (Lipinski definition) is 2. The van der Waals surface area contributed by atoms with E-state index < -0.39 is 6.10 Å². The Morgan fingerprint density at radius 3 is 2.48 bits per heavy atom. The Bertz CT molecular complexity index is 1170. The van der Waals surface area contributed by atoms with Crippen molar-refractivity contribution >= 4 is 27.6 Å². The Labute approximate surface area is 158 Å². The monoisotopic (exact) mass is 357 g/mol. The summed E-state index contributed by atoms with van der Waals surface area (Å²) in [5.74, 6) is 0.435. The highest BCUT2D eigenvalue weighted by molar-refractivity contribution is 6.08. The molecule has 2 aromatic carbocycles. The summed E-state index contributed by atoms with van der Waals surface area (Å²) < 4.78 is 0. The smallest absolute Gasteiger partial charge is 0.150 e. The van der Waals surface area contributed by atoms with Crippen LogP contribution in [-0.4, -0.2) is 15.1 Å². The van der Waals surface area contributed by atoms with Crippen LogP contribution in [0.2, 0.25) is 0 Å². The van der Waals surface area contributed by atoms with Crippen molar-refractivity contribution in [1.82, 2.24) is 9.97 Å². The van der Waals surface area contributed by atoms with Crippen molar-refractivity contribution in [3.63, 3.8) is 0 Å². The maximum atomic E-state index is 10.8. The van der Waals surface area contributed by atoms with Crippen LogP contribution < -0.4 is 5.73 Å². The van der Waals surface area contributed by atoms with Crippen LogP contribution in [0, 0.1) is 20.8 Å². The number of nitrogens with zero attached hydrogens (tertiary/aromatic N) is 2. The van der Waals surface area contributed by atoms with E-state index in [1.165, 1.54) is 5.56 Å². The fourth-order valence-electron chi connectivity index (χ4n) is 3.71. The molecule has 0 fully saturated rings. The van der Waals surface area contributed by atoms with Crippen LogP contribution in [0.25, 0.3) is 21.8 Å². The molecule has 2 aromatic heterocycles. The van der Waals surface area contributed by atoms with Crippen molar-refractivity contribution in [1.29, 1.82) is 0 Å². The second-order valence-corrected chi connectivity index (χ2v) is 7.34. The highest BCUT2D eigenvalue weighted by atomic mass is 16.3. The van der Waals surface area contributed by atoms with Crippen LogP contribution >= 0.6 is 0 Å². The first-order valence-electron chi connectivity index (χ1n) is 9.12. The largest absolute Gasteiger partial charge is 0.388 e. The first-order chi connectivity index (χ1) is 12.9. The van der Waals surface area contributed by atoms with Gasteiger partial charge in [-0.15, -0.1) is 0 Å². The third kappa shape index (κ3) is 3.24. The van der Waals surface area contributed by atoms with E-state index in [1.54, 1.807) is 6.20 Å². The predicted molar refractivity (Wildman–Crippen MR) is 111 cm³/mol. The summed E-state index contributed by atoms with van der Waals surface area (Å²) in [5.41, 5.74) is 13.1. The molecule has 2 heterocycles. The molecule has 0 aliphatic rings. The maximum Gasteiger partial charge on any atom is 0.150 e. The molecule has 27 heavy (non-hydrogen) atoms. The standard InChI is InChI=1S/C23H23N3O/c1-13-4-6-17(15(3)8-13)21(27)11-16-10-19-18-7-5-14(2)9-20(18)26-23(24)22(19)25-12-16/h4-10,12,21,27H,11H2,1-3H3,(H2,24,26). The van der Waals surface area contributed by atoms with E-state index >= 15 is 0 Å². The number of benzene rings is 2. The summed E-state index contributed by atoms with van der Waals surface area (Å²) in [6.07, 6.45) is 1.72. The van der Waals surface area contributed by atoms with Crippen molar-refractivity contribution in [2.75, 3.05) is 5.73 Å². The van der Waals surface area contributed by atoms with Gasteiger partial charge >= 0.3 is 0 Å². The average Bonchev–Trinajstić information content (AvgIpc) is 2.61. The van der Waals surface area contributed by atoms with E-state index in [0.717, 1.165) is 38.5 Å². The molecule has 4 aromatic rings. The number of pyridine rings is 2. The summed E-state index contributed by atoms with van der Waals surface area (Å²) in [6.45, 7) is 6.13. The molecule has 4 heteroatoms. The second kappa shape index (κ2) is 6.63. The van der Waals surface area contributed by atoms with Gasteiger partial charge in [-0.1, -0.05) is 35.9 Å². The molecule has 3 N–H and O–H groups in total. The van der Waals surface area contributed by atoms with E-state index in [0.29, 0.717) is 17.8 Å². The first-order valence-corrected chi connectivity index (χ1v) is 9.12. The molecule has 0 amide bonds. The average molecular weight is 357 g/mol. The Balaban J connectivity index is 1.77. The molecule has 0 aliphatic carbocycles. The van der Waals surface area contributed by atoms with Gasteiger partial charge in [-0.2, -0.15) is 0 Å². The number of nitrogens with two attached hydrogens (primary N) is 1. The quantitative estimate of drug-likeness (QED) is 0.527. The number of fused-ring (bicyclic) bond motifs is 3. The molecule has 1 unspecified atom stereocenters. The van der Waals surface area contributed by atoms with E-state index in [2.05, 4.69) is 41.2 Å². The van der Waals surface area contributed by atoms with Crippen molar-refractivity contribution in [3.05, 3.63) is 76.5 Å². The number of aryl methyl sites for hydroxylation is 3. The Hall–Kier alpha value is -2.98. The Morgan fingerprint density at radius 1 is 0.963 bits per heavy atom. The fraction of sp³-hybridized carbons (Fsp3) is 0.217. The van der Waals surface area contributed by atoms with E-state index in [-0.39, 0.29) is 0 Å². The zero-order chi connectivity index (χ0) is 19.1. The molecule has 0 spiro atoms. The molecule has 0 radical (unpaired) electrons. The number of rotatable bonds is 3. The molecule has 0 bridgehead atoms. The van der Waals surface area contributed by atoms with Crippen LogP contribution in [-0.2, 0) is 6.42 Å². The number of nitrogen functional groups attached to an aromatic ring is 1. The van der Waals surface area contributed by atoms with E-state index in [9.17, 15) is 5.11 Å². The van der Waals surface area contributed by atoms with Gasteiger partial charge in [-0.05, 0) is 55.2 Å². The summed E-state index contributed by atoms with van der Waals surface area (Å²) >= 11 is 0. The van der Waals surface area contributed by atoms with Crippen molar-refractivity contribution < 1.29 is 5.11 Å². The molecule has 4 rings (SSSR count). The molecule has 0 aliphatic heterocycles. The van der Waals surface area contributed by atoms with Crippen LogP contribution in [0.3, 0.4) is 0 Å². The zero-order valence-corrected chi connectivity index (χ0v) is 15.8. The summed E-state index contributed by atoms with van der Waals surface area (Å²) in [5, 5.41) is 12.8. The van der Waals surface area contributed by atoms with Gasteiger partial charge in [0.2, 0.25) is 0 Å². The van der Waals surface area contributed by atoms with Gasteiger partial charge in [0, 0.05) is 23.4 Å². The maximum absolute atomic E-state index is 10.8. The third-order valence-corrected chi connectivity index (χ3v) is 5.08. The van der Waals surface area contributed by atoms with Gasteiger partial charge in [0.15, 0.2) is 5.82 Å². The summed E-state index contributed by atoms with van der Waals surface area (Å²) in [6, 6.07) is 14.4. The lowest BCUT2D eigenvalue weighted by molar-refractivity contribution is 0.177. The summed E-state index contributed by atoms with van der Waals surface area (Å²) in [7, 11) is 0. The lowest BCUT2D eigenvalue weighted by atomic mass is 9.96. The third-order valence-electron chi connectivity index (χ3n) is 5.08. The van der Waals surface area contributed by atoms with Gasteiger partial charge < -0.3 is 10.8 Å². The Kier molecular flexibility index (Phi) is 4.28. The van der Waals surface area contributed by atoms with Crippen LogP contribution in [0.1, 0.15) is 33.9 Å². The second-order valence-electron chi connectivity index (χ2n) is 7.34. The van der Waals surface area contributed by atoms with Gasteiger partial charge in [0.1, 0.15) is 5.52 Å². The van der Waals surface area contributed by atoms with Crippen molar-refractivity contribution in [3.8, 4) is 0 Å². The topological polar surface area (TPSA) is 72.0 Å². The predicted octanol–water partition coefficient (Wildman–Crippen LogP) is 4.57. The molecule has 1 atom stereocenters. The van der Waals surface area contributed by atoms with Crippen LogP contribution in [0.15, 0.2) is 48.7 Å². The van der Waals surface area contributed by atoms with Crippen molar-refractivity contribution in [2.24, 2.45) is 0 Å². The summed E-state index contributed by atoms with van der Waals surface area (Å²) in [4.78, 5) is 9.03. The molecular formula is C23H23N3O. The van der Waals surface area contributed by atoms with E-state index in [4.69, 9.17) is 5.73 Å². The van der Waals surface area contributed by atoms with Crippen molar-refractivity contribution in [2.45, 2.75) is 33.3 Å². The minimum absolute atomic E-state index is 0.435. The lowest BCUT2D eigenvalue weighted by Gasteiger charge is -2.15. The van der Waals surface area contributed by atoms with Gasteiger partial charge in [0.05, 0.1) is 11.6 Å². The molecular weight excluding hydrogens is 334 g/mol. The minimum Gasteiger partial charge on any atom is -0.388 e. The van der Waals surface area contributed by atoms with Gasteiger partial charge in [-0.3, -0.25) is 4.98 Å². The number of aliphatic hydroxyl groups excluding tert-OH is 1. The fourth-order valence-corrected chi connectivity index (χ4v) is 3.71. The number of hydrogen-bond acceptors (Lipinski definition) is 4. The highest BCUT2D eigenvalue weighted by Crippen LogP contribution is 2.29. The lowest BCUT2D eigenvalue weighted by Crippen LogP contribution is -2.05. The molecule has 136 valence electrons. The highest BCUT2D eigenvalue weighted by Gasteiger charge is 2.14. The van der Waals surface area contributed by atoms with Crippen LogP contribution in [0.5, 0.6) is 0 Å². The number of aliphatic hydroxyl groups is 1. The van der Waals surface area contributed by atoms with Gasteiger partial charge in [-0.25, -0.2) is 4.98 Å². The van der Waals surface area contributed by atoms with Crippen LogP contribution in [0.4, 0.5) is 5.82 Å². The molecule has 4 nitrogen and oxygen atoms in total. The normalized spacial score (nSPS) is 12.6. The number of anilines is 1. The minimum atomic E-state index is -0.572.